The number of carboxylic acid groups (broad SMARTS) is 1. The van der Waals surface area contributed by atoms with Crippen molar-refractivity contribution in [3.63, 3.8) is 0 Å². The summed E-state index contributed by atoms with van der Waals surface area (Å²) in [6, 6.07) is -0.576. The number of aliphatic carboxylic acids is 1. The number of aromatic nitrogens is 2. The highest BCUT2D eigenvalue weighted by atomic mass is 32.1. The van der Waals surface area contributed by atoms with Gasteiger partial charge in [-0.05, 0) is 6.42 Å². The second-order valence-electron chi connectivity index (χ2n) is 2.81. The van der Waals surface area contributed by atoms with Crippen LogP contribution >= 0.6 is 11.5 Å². The zero-order valence-electron chi connectivity index (χ0n) is 8.15. The lowest BCUT2D eigenvalue weighted by Gasteiger charge is -2.09. The van der Waals surface area contributed by atoms with Crippen LogP contribution in [0.2, 0.25) is 0 Å². The van der Waals surface area contributed by atoms with Gasteiger partial charge in [-0.3, -0.25) is 0 Å². The van der Waals surface area contributed by atoms with Gasteiger partial charge in [-0.2, -0.15) is 4.37 Å². The third kappa shape index (κ3) is 2.66. The maximum atomic E-state index is 10.7. The van der Waals surface area contributed by atoms with Crippen molar-refractivity contribution in [1.82, 2.24) is 9.36 Å². The zero-order chi connectivity index (χ0) is 10.6. The number of rotatable bonds is 5. The molecule has 0 radical (unpaired) electrons. The van der Waals surface area contributed by atoms with E-state index in [0.29, 0.717) is 11.6 Å². The van der Waals surface area contributed by atoms with Crippen LogP contribution in [0.5, 0.6) is 0 Å². The van der Waals surface area contributed by atoms with Gasteiger partial charge in [0.2, 0.25) is 5.13 Å². The molecule has 1 rings (SSSR count). The van der Waals surface area contributed by atoms with Crippen LogP contribution in [0, 0.1) is 0 Å². The third-order valence-electron chi connectivity index (χ3n) is 1.79. The molecule has 1 atom stereocenters. The second kappa shape index (κ2) is 4.90. The number of carbonyl (C=O) groups is 1. The first-order valence-corrected chi connectivity index (χ1v) is 5.26. The lowest BCUT2D eigenvalue weighted by atomic mass is 10.2. The fraction of sp³-hybridized carbons (Fsp3) is 0.625. The van der Waals surface area contributed by atoms with E-state index in [1.807, 2.05) is 13.8 Å². The highest BCUT2D eigenvalue weighted by molar-refractivity contribution is 7.09. The smallest absolute Gasteiger partial charge is 0.326 e. The van der Waals surface area contributed by atoms with E-state index in [4.69, 9.17) is 5.11 Å². The molecule has 5 nitrogen and oxygen atoms in total. The Bertz CT molecular complexity index is 313. The number of hydrogen-bond donors (Lipinski definition) is 2. The highest BCUT2D eigenvalue weighted by Crippen LogP contribution is 2.13. The molecule has 78 valence electrons. The summed E-state index contributed by atoms with van der Waals surface area (Å²) in [5.41, 5.74) is 0. The van der Waals surface area contributed by atoms with Gasteiger partial charge in [0.05, 0.1) is 0 Å². The molecule has 1 heterocycles. The van der Waals surface area contributed by atoms with Gasteiger partial charge in [0.1, 0.15) is 11.9 Å². The number of aryl methyl sites for hydroxylation is 1. The largest absolute Gasteiger partial charge is 0.480 e. The third-order valence-corrected chi connectivity index (χ3v) is 2.47. The van der Waals surface area contributed by atoms with Crippen molar-refractivity contribution >= 4 is 22.6 Å². The lowest BCUT2D eigenvalue weighted by molar-refractivity contribution is -0.137. The van der Waals surface area contributed by atoms with Crippen LogP contribution in [-0.4, -0.2) is 26.5 Å². The molecule has 0 bridgehead atoms. The van der Waals surface area contributed by atoms with Crippen LogP contribution < -0.4 is 5.32 Å². The summed E-state index contributed by atoms with van der Waals surface area (Å²) in [6.45, 7) is 3.77. The molecule has 0 aromatic carbocycles. The summed E-state index contributed by atoms with van der Waals surface area (Å²) in [7, 11) is 0. The van der Waals surface area contributed by atoms with E-state index in [1.54, 1.807) is 0 Å². The van der Waals surface area contributed by atoms with Crippen LogP contribution in [0.1, 0.15) is 26.1 Å². The monoisotopic (exact) mass is 215 g/mol. The van der Waals surface area contributed by atoms with Gasteiger partial charge in [0.15, 0.2) is 0 Å². The number of anilines is 1. The van der Waals surface area contributed by atoms with Crippen LogP contribution in [-0.2, 0) is 11.2 Å². The molecule has 1 unspecified atom stereocenters. The summed E-state index contributed by atoms with van der Waals surface area (Å²) in [6.07, 6.45) is 1.29. The van der Waals surface area contributed by atoms with Crippen molar-refractivity contribution < 1.29 is 9.90 Å². The molecule has 6 heteroatoms. The predicted octanol–water partition coefficient (Wildman–Crippen LogP) is 1.38. The number of hydrogen-bond acceptors (Lipinski definition) is 5. The van der Waals surface area contributed by atoms with E-state index in [1.165, 1.54) is 11.5 Å². The molecule has 0 saturated heterocycles. The molecule has 2 N–H and O–H groups in total. The van der Waals surface area contributed by atoms with Gasteiger partial charge in [0.25, 0.3) is 0 Å². The fourth-order valence-electron chi connectivity index (χ4n) is 0.944. The summed E-state index contributed by atoms with van der Waals surface area (Å²) in [4.78, 5) is 14.8. The summed E-state index contributed by atoms with van der Waals surface area (Å²) in [5.74, 6) is -0.113. The molecular formula is C8H13N3O2S. The molecule has 0 spiro atoms. The number of nitrogens with one attached hydrogen (secondary N) is 1. The van der Waals surface area contributed by atoms with E-state index in [9.17, 15) is 4.79 Å². The van der Waals surface area contributed by atoms with Crippen molar-refractivity contribution in [1.29, 1.82) is 0 Å². The van der Waals surface area contributed by atoms with E-state index >= 15 is 0 Å². The molecule has 0 aliphatic heterocycles. The minimum atomic E-state index is -0.860. The lowest BCUT2D eigenvalue weighted by Crippen LogP contribution is -2.28. The first kappa shape index (κ1) is 10.9. The summed E-state index contributed by atoms with van der Waals surface area (Å²) in [5, 5.41) is 12.2. The molecule has 0 amide bonds. The van der Waals surface area contributed by atoms with Gasteiger partial charge < -0.3 is 10.4 Å². The molecule has 0 saturated carbocycles. The minimum Gasteiger partial charge on any atom is -0.480 e. The van der Waals surface area contributed by atoms with Crippen LogP contribution in [0.4, 0.5) is 5.13 Å². The van der Waals surface area contributed by atoms with Gasteiger partial charge >= 0.3 is 5.97 Å². The molecule has 14 heavy (non-hydrogen) atoms. The Balaban J connectivity index is 2.62. The van der Waals surface area contributed by atoms with Gasteiger partial charge in [-0.25, -0.2) is 9.78 Å². The molecular weight excluding hydrogens is 202 g/mol. The maximum absolute atomic E-state index is 10.7. The number of carboxylic acids is 1. The van der Waals surface area contributed by atoms with Crippen LogP contribution in [0.3, 0.4) is 0 Å². The minimum absolute atomic E-state index is 0.524. The number of nitrogens with zero attached hydrogens (tertiary/aromatic N) is 2. The average molecular weight is 215 g/mol. The summed E-state index contributed by atoms with van der Waals surface area (Å²) >= 11 is 1.20. The Morgan fingerprint density at radius 3 is 2.79 bits per heavy atom. The first-order chi connectivity index (χ1) is 6.67. The van der Waals surface area contributed by atoms with Gasteiger partial charge in [0, 0.05) is 18.0 Å². The SMILES string of the molecule is CCc1nsc(NC(CC)C(=O)O)n1. The van der Waals surface area contributed by atoms with Crippen LogP contribution in [0.25, 0.3) is 0 Å². The second-order valence-corrected chi connectivity index (χ2v) is 3.56. The molecule has 0 aliphatic rings. The normalized spacial score (nSPS) is 12.4. The van der Waals surface area contributed by atoms with E-state index < -0.39 is 12.0 Å². The molecule has 0 fully saturated rings. The van der Waals surface area contributed by atoms with Crippen molar-refractivity contribution in [2.45, 2.75) is 32.7 Å². The topological polar surface area (TPSA) is 75.1 Å². The van der Waals surface area contributed by atoms with E-state index in [2.05, 4.69) is 14.7 Å². The Morgan fingerprint density at radius 1 is 1.64 bits per heavy atom. The Morgan fingerprint density at radius 2 is 2.36 bits per heavy atom. The zero-order valence-corrected chi connectivity index (χ0v) is 8.97. The van der Waals surface area contributed by atoms with Crippen molar-refractivity contribution in [2.24, 2.45) is 0 Å². The predicted molar refractivity (Wildman–Crippen MR) is 54.6 cm³/mol. The molecule has 1 aromatic rings. The van der Waals surface area contributed by atoms with E-state index in [-0.39, 0.29) is 0 Å². The van der Waals surface area contributed by atoms with Crippen molar-refractivity contribution in [3.8, 4) is 0 Å². The average Bonchev–Trinajstić information content (AvgIpc) is 2.61. The molecule has 1 aromatic heterocycles. The van der Waals surface area contributed by atoms with E-state index in [0.717, 1.165) is 12.2 Å². The van der Waals surface area contributed by atoms with Crippen molar-refractivity contribution in [3.05, 3.63) is 5.82 Å². The standard InChI is InChI=1S/C8H13N3O2S/c1-3-5(7(12)13)9-8-10-6(4-2)11-14-8/h5H,3-4H2,1-2H3,(H,12,13)(H,9,10,11). The van der Waals surface area contributed by atoms with Crippen molar-refractivity contribution in [2.75, 3.05) is 5.32 Å². The molecule has 0 aliphatic carbocycles. The maximum Gasteiger partial charge on any atom is 0.326 e. The fourth-order valence-corrected chi connectivity index (χ4v) is 1.65. The van der Waals surface area contributed by atoms with Crippen LogP contribution in [0.15, 0.2) is 0 Å². The quantitative estimate of drug-likeness (QED) is 0.776. The Labute approximate surface area is 86.3 Å². The highest BCUT2D eigenvalue weighted by Gasteiger charge is 2.16. The van der Waals surface area contributed by atoms with Gasteiger partial charge in [-0.15, -0.1) is 0 Å². The first-order valence-electron chi connectivity index (χ1n) is 4.49. The van der Waals surface area contributed by atoms with Gasteiger partial charge in [-0.1, -0.05) is 13.8 Å². The Kier molecular flexibility index (Phi) is 3.82. The summed E-state index contributed by atoms with van der Waals surface area (Å²) < 4.78 is 4.06. The Hall–Kier alpha value is -1.17.